The summed E-state index contributed by atoms with van der Waals surface area (Å²) >= 11 is 0. The number of carbonyl (C=O) groups is 1. The van der Waals surface area contributed by atoms with Crippen molar-refractivity contribution in [3.63, 3.8) is 0 Å². The van der Waals surface area contributed by atoms with Gasteiger partial charge in [0.05, 0.1) is 19.6 Å². The molecule has 28 heavy (non-hydrogen) atoms. The van der Waals surface area contributed by atoms with Gasteiger partial charge >= 0.3 is 0 Å². The van der Waals surface area contributed by atoms with Crippen LogP contribution >= 0.6 is 0 Å². The normalized spacial score (nSPS) is 15.4. The maximum Gasteiger partial charge on any atom is 0.282 e. The van der Waals surface area contributed by atoms with E-state index in [0.29, 0.717) is 17.3 Å². The standard InChI is InChI=1S/C20H18F2N4O2/c1-12-8-15(6-7-16(12)18-25-24-17(9-23)28-18)13-2-4-14(5-3-13)19(27)26-10-20(21,22)11-26/h2-8H,9-11,23H2,1H3. The van der Waals surface area contributed by atoms with Crippen LogP contribution in [0.4, 0.5) is 8.78 Å². The predicted octanol–water partition coefficient (Wildman–Crippen LogP) is 3.26. The second-order valence-electron chi connectivity index (χ2n) is 6.83. The van der Waals surface area contributed by atoms with Crippen molar-refractivity contribution in [3.8, 4) is 22.6 Å². The molecule has 1 aromatic heterocycles. The van der Waals surface area contributed by atoms with E-state index in [-0.39, 0.29) is 12.5 Å². The van der Waals surface area contributed by atoms with Crippen LogP contribution in [0.2, 0.25) is 0 Å². The van der Waals surface area contributed by atoms with Crippen molar-refractivity contribution in [2.45, 2.75) is 19.4 Å². The first kappa shape index (κ1) is 18.2. The van der Waals surface area contributed by atoms with Crippen molar-refractivity contribution < 1.29 is 18.0 Å². The average Bonchev–Trinajstić information content (AvgIpc) is 3.14. The van der Waals surface area contributed by atoms with Gasteiger partial charge in [0.15, 0.2) is 0 Å². The molecule has 8 heteroatoms. The van der Waals surface area contributed by atoms with Gasteiger partial charge in [0.25, 0.3) is 11.8 Å². The number of halogens is 2. The zero-order valence-electron chi connectivity index (χ0n) is 15.2. The number of carbonyl (C=O) groups excluding carboxylic acids is 1. The van der Waals surface area contributed by atoms with Crippen LogP contribution in [0, 0.1) is 6.92 Å². The molecule has 6 nitrogen and oxygen atoms in total. The van der Waals surface area contributed by atoms with E-state index in [4.69, 9.17) is 10.2 Å². The van der Waals surface area contributed by atoms with Crippen LogP contribution in [-0.4, -0.2) is 40.0 Å². The Morgan fingerprint density at radius 1 is 1.14 bits per heavy atom. The van der Waals surface area contributed by atoms with Gasteiger partial charge in [-0.2, -0.15) is 0 Å². The molecule has 1 aliphatic heterocycles. The van der Waals surface area contributed by atoms with E-state index < -0.39 is 19.0 Å². The lowest BCUT2D eigenvalue weighted by Gasteiger charge is -2.38. The van der Waals surface area contributed by atoms with Gasteiger partial charge in [-0.1, -0.05) is 24.3 Å². The van der Waals surface area contributed by atoms with E-state index in [1.54, 1.807) is 24.3 Å². The summed E-state index contributed by atoms with van der Waals surface area (Å²) in [7, 11) is 0. The first-order valence-electron chi connectivity index (χ1n) is 8.77. The van der Waals surface area contributed by atoms with Gasteiger partial charge in [-0.05, 0) is 41.8 Å². The summed E-state index contributed by atoms with van der Waals surface area (Å²) in [6.45, 7) is 1.09. The van der Waals surface area contributed by atoms with Crippen molar-refractivity contribution in [2.75, 3.05) is 13.1 Å². The molecule has 2 heterocycles. The van der Waals surface area contributed by atoms with E-state index in [1.807, 2.05) is 25.1 Å². The Labute approximate surface area is 160 Å². The zero-order valence-corrected chi connectivity index (χ0v) is 15.2. The molecule has 0 spiro atoms. The molecule has 0 saturated carbocycles. The lowest BCUT2D eigenvalue weighted by molar-refractivity contribution is -0.113. The molecular weight excluding hydrogens is 366 g/mol. The summed E-state index contributed by atoms with van der Waals surface area (Å²) in [6.07, 6.45) is 0. The number of aromatic nitrogens is 2. The molecule has 1 saturated heterocycles. The highest BCUT2D eigenvalue weighted by molar-refractivity contribution is 5.95. The number of aryl methyl sites for hydroxylation is 1. The number of hydrogen-bond acceptors (Lipinski definition) is 5. The fourth-order valence-corrected chi connectivity index (χ4v) is 3.17. The third-order valence-electron chi connectivity index (χ3n) is 4.70. The molecule has 0 atom stereocenters. The van der Waals surface area contributed by atoms with Crippen LogP contribution in [0.5, 0.6) is 0 Å². The minimum Gasteiger partial charge on any atom is -0.419 e. The highest BCUT2D eigenvalue weighted by atomic mass is 19.3. The number of nitrogens with two attached hydrogens (primary N) is 1. The smallest absolute Gasteiger partial charge is 0.282 e. The lowest BCUT2D eigenvalue weighted by Crippen LogP contribution is -2.58. The molecule has 0 aliphatic carbocycles. The van der Waals surface area contributed by atoms with Crippen LogP contribution in [0.1, 0.15) is 21.8 Å². The van der Waals surface area contributed by atoms with Crippen molar-refractivity contribution >= 4 is 5.91 Å². The quantitative estimate of drug-likeness (QED) is 0.746. The molecule has 0 radical (unpaired) electrons. The largest absolute Gasteiger partial charge is 0.419 e. The van der Waals surface area contributed by atoms with Crippen molar-refractivity contribution in [1.82, 2.24) is 15.1 Å². The Morgan fingerprint density at radius 3 is 2.39 bits per heavy atom. The third-order valence-corrected chi connectivity index (χ3v) is 4.70. The SMILES string of the molecule is Cc1cc(-c2ccc(C(=O)N3CC(F)(F)C3)cc2)ccc1-c1nnc(CN)o1. The second-order valence-corrected chi connectivity index (χ2v) is 6.83. The highest BCUT2D eigenvalue weighted by Gasteiger charge is 2.46. The van der Waals surface area contributed by atoms with Crippen molar-refractivity contribution in [1.29, 1.82) is 0 Å². The van der Waals surface area contributed by atoms with Gasteiger partial charge in [-0.15, -0.1) is 10.2 Å². The van der Waals surface area contributed by atoms with Crippen LogP contribution < -0.4 is 5.73 Å². The minimum atomic E-state index is -2.77. The molecule has 2 N–H and O–H groups in total. The molecule has 144 valence electrons. The fraction of sp³-hybridized carbons (Fsp3) is 0.250. The van der Waals surface area contributed by atoms with Gasteiger partial charge < -0.3 is 15.1 Å². The zero-order chi connectivity index (χ0) is 19.9. The Kier molecular flexibility index (Phi) is 4.43. The molecule has 1 fully saturated rings. The van der Waals surface area contributed by atoms with Crippen LogP contribution in [0.3, 0.4) is 0 Å². The molecular formula is C20H18F2N4O2. The molecule has 4 rings (SSSR count). The fourth-order valence-electron chi connectivity index (χ4n) is 3.17. The van der Waals surface area contributed by atoms with Gasteiger partial charge in [0.2, 0.25) is 11.8 Å². The summed E-state index contributed by atoms with van der Waals surface area (Å²) in [5, 5.41) is 7.87. The van der Waals surface area contributed by atoms with Gasteiger partial charge in [0.1, 0.15) is 0 Å². The summed E-state index contributed by atoms with van der Waals surface area (Å²) < 4.78 is 31.4. The van der Waals surface area contributed by atoms with Crippen molar-refractivity contribution in [2.24, 2.45) is 5.73 Å². The Morgan fingerprint density at radius 2 is 1.82 bits per heavy atom. The highest BCUT2D eigenvalue weighted by Crippen LogP contribution is 2.30. The van der Waals surface area contributed by atoms with E-state index in [1.165, 1.54) is 0 Å². The lowest BCUT2D eigenvalue weighted by atomic mass is 9.98. The van der Waals surface area contributed by atoms with Crippen LogP contribution in [-0.2, 0) is 6.54 Å². The molecule has 2 aromatic carbocycles. The number of amides is 1. The summed E-state index contributed by atoms with van der Waals surface area (Å²) in [6, 6.07) is 12.7. The van der Waals surface area contributed by atoms with E-state index in [9.17, 15) is 13.6 Å². The molecule has 1 aliphatic rings. The first-order valence-corrected chi connectivity index (χ1v) is 8.77. The molecule has 0 bridgehead atoms. The van der Waals surface area contributed by atoms with Gasteiger partial charge in [-0.25, -0.2) is 8.78 Å². The summed E-state index contributed by atoms with van der Waals surface area (Å²) in [5.74, 6) is -2.36. The Bertz CT molecular complexity index is 1020. The number of hydrogen-bond donors (Lipinski definition) is 1. The monoisotopic (exact) mass is 384 g/mol. The Hall–Kier alpha value is -3.13. The minimum absolute atomic E-state index is 0.185. The second kappa shape index (κ2) is 6.79. The van der Waals surface area contributed by atoms with Crippen LogP contribution in [0.25, 0.3) is 22.6 Å². The number of likely N-dealkylation sites (tertiary alicyclic amines) is 1. The Balaban J connectivity index is 1.53. The maximum absolute atomic E-state index is 12.9. The maximum atomic E-state index is 12.9. The number of benzene rings is 2. The number of nitrogens with zero attached hydrogens (tertiary/aromatic N) is 3. The predicted molar refractivity (Wildman–Crippen MR) is 98.6 cm³/mol. The van der Waals surface area contributed by atoms with Crippen molar-refractivity contribution in [3.05, 3.63) is 59.5 Å². The van der Waals surface area contributed by atoms with Gasteiger partial charge in [0, 0.05) is 11.1 Å². The van der Waals surface area contributed by atoms with E-state index in [0.717, 1.165) is 27.2 Å². The summed E-state index contributed by atoms with van der Waals surface area (Å²) in [4.78, 5) is 13.4. The van der Waals surface area contributed by atoms with E-state index >= 15 is 0 Å². The number of alkyl halides is 2. The number of rotatable bonds is 4. The first-order chi connectivity index (χ1) is 13.4. The molecule has 0 unspecified atom stereocenters. The third kappa shape index (κ3) is 3.38. The molecule has 3 aromatic rings. The molecule has 1 amide bonds. The van der Waals surface area contributed by atoms with E-state index in [2.05, 4.69) is 10.2 Å². The van der Waals surface area contributed by atoms with Gasteiger partial charge in [-0.3, -0.25) is 4.79 Å². The van der Waals surface area contributed by atoms with Crippen LogP contribution in [0.15, 0.2) is 46.9 Å². The topological polar surface area (TPSA) is 85.2 Å². The average molecular weight is 384 g/mol. The summed E-state index contributed by atoms with van der Waals surface area (Å²) in [5.41, 5.74) is 9.53.